The molecule has 1 aromatic heterocycles. The van der Waals surface area contributed by atoms with Crippen molar-refractivity contribution in [2.24, 2.45) is 7.05 Å². The molecule has 5 heteroatoms. The number of benzene rings is 1. The summed E-state index contributed by atoms with van der Waals surface area (Å²) in [6.45, 7) is 0.372. The maximum atomic E-state index is 11.9. The third-order valence-electron chi connectivity index (χ3n) is 2.79. The first-order valence-electron chi connectivity index (χ1n) is 5.52. The van der Waals surface area contributed by atoms with Crippen LogP contribution in [0.5, 0.6) is 5.75 Å². The highest BCUT2D eigenvalue weighted by Crippen LogP contribution is 2.17. The lowest BCUT2D eigenvalue weighted by Crippen LogP contribution is -2.37. The monoisotopic (exact) mass is 246 g/mol. The molecule has 2 rings (SSSR count). The van der Waals surface area contributed by atoms with E-state index in [4.69, 9.17) is 4.74 Å². The summed E-state index contributed by atoms with van der Waals surface area (Å²) < 4.78 is 7.78. The van der Waals surface area contributed by atoms with Gasteiger partial charge in [-0.3, -0.25) is 13.9 Å². The smallest absolute Gasteiger partial charge is 0.331 e. The number of para-hydroxylation sites is 1. The molecule has 1 heterocycles. The minimum atomic E-state index is -0.339. The Labute approximate surface area is 104 Å². The first kappa shape index (κ1) is 12.2. The largest absolute Gasteiger partial charge is 0.496 e. The summed E-state index contributed by atoms with van der Waals surface area (Å²) in [6.07, 6.45) is 1.50. The Morgan fingerprint density at radius 3 is 2.61 bits per heavy atom. The second-order valence-corrected chi connectivity index (χ2v) is 3.94. The molecule has 0 unspecified atom stereocenters. The second kappa shape index (κ2) is 4.91. The van der Waals surface area contributed by atoms with E-state index in [-0.39, 0.29) is 11.2 Å². The lowest BCUT2D eigenvalue weighted by atomic mass is 10.2. The predicted octanol–water partition coefficient (Wildman–Crippen LogP) is 0.604. The van der Waals surface area contributed by atoms with Crippen LogP contribution in [0, 0.1) is 0 Å². The van der Waals surface area contributed by atoms with E-state index in [0.29, 0.717) is 6.54 Å². The van der Waals surface area contributed by atoms with E-state index in [1.165, 1.54) is 23.9 Å². The van der Waals surface area contributed by atoms with Crippen LogP contribution >= 0.6 is 0 Å². The third kappa shape index (κ3) is 2.20. The topological polar surface area (TPSA) is 53.2 Å². The van der Waals surface area contributed by atoms with Crippen LogP contribution in [0.25, 0.3) is 0 Å². The maximum Gasteiger partial charge on any atom is 0.331 e. The van der Waals surface area contributed by atoms with Crippen molar-refractivity contribution in [2.45, 2.75) is 6.54 Å². The molecule has 0 radical (unpaired) electrons. The van der Waals surface area contributed by atoms with Gasteiger partial charge in [0.15, 0.2) is 0 Å². The van der Waals surface area contributed by atoms with Crippen LogP contribution in [-0.4, -0.2) is 16.2 Å². The van der Waals surface area contributed by atoms with Crippen molar-refractivity contribution in [3.63, 3.8) is 0 Å². The zero-order valence-corrected chi connectivity index (χ0v) is 10.3. The Kier molecular flexibility index (Phi) is 3.32. The van der Waals surface area contributed by atoms with Crippen LogP contribution in [0.15, 0.2) is 46.1 Å². The molecule has 5 nitrogen and oxygen atoms in total. The Morgan fingerprint density at radius 1 is 1.17 bits per heavy atom. The van der Waals surface area contributed by atoms with Crippen LogP contribution < -0.4 is 16.0 Å². The van der Waals surface area contributed by atoms with Gasteiger partial charge in [0.25, 0.3) is 5.56 Å². The van der Waals surface area contributed by atoms with Crippen LogP contribution in [-0.2, 0) is 13.6 Å². The summed E-state index contributed by atoms with van der Waals surface area (Å²) >= 11 is 0. The molecule has 0 spiro atoms. The van der Waals surface area contributed by atoms with E-state index in [0.717, 1.165) is 15.9 Å². The molecule has 0 aliphatic carbocycles. The Hall–Kier alpha value is -2.30. The molecule has 0 saturated heterocycles. The molecule has 0 bridgehead atoms. The molecule has 0 atom stereocenters. The van der Waals surface area contributed by atoms with Crippen molar-refractivity contribution < 1.29 is 4.74 Å². The van der Waals surface area contributed by atoms with E-state index in [1.807, 2.05) is 24.3 Å². The van der Waals surface area contributed by atoms with Crippen molar-refractivity contribution in [3.8, 4) is 5.75 Å². The molecule has 0 fully saturated rings. The molecule has 0 N–H and O–H groups in total. The first-order chi connectivity index (χ1) is 8.63. The van der Waals surface area contributed by atoms with Gasteiger partial charge in [-0.1, -0.05) is 18.2 Å². The molecule has 0 saturated carbocycles. The Bertz CT molecular complexity index is 670. The highest BCUT2D eigenvalue weighted by atomic mass is 16.5. The fourth-order valence-electron chi connectivity index (χ4n) is 1.75. The SMILES string of the molecule is COc1ccccc1Cn1ccc(=O)n(C)c1=O. The molecule has 0 aliphatic rings. The van der Waals surface area contributed by atoms with Gasteiger partial charge in [-0.2, -0.15) is 0 Å². The highest BCUT2D eigenvalue weighted by Gasteiger charge is 2.05. The minimum Gasteiger partial charge on any atom is -0.496 e. The van der Waals surface area contributed by atoms with E-state index in [2.05, 4.69) is 0 Å². The Morgan fingerprint density at radius 2 is 1.89 bits per heavy atom. The highest BCUT2D eigenvalue weighted by molar-refractivity contribution is 5.33. The summed E-state index contributed by atoms with van der Waals surface area (Å²) in [5.74, 6) is 0.721. The minimum absolute atomic E-state index is 0.309. The molecule has 2 aromatic rings. The Balaban J connectivity index is 2.44. The van der Waals surface area contributed by atoms with Gasteiger partial charge < -0.3 is 4.74 Å². The molecule has 0 amide bonds. The van der Waals surface area contributed by atoms with Crippen molar-refractivity contribution >= 4 is 0 Å². The fraction of sp³-hybridized carbons (Fsp3) is 0.231. The van der Waals surface area contributed by atoms with Gasteiger partial charge >= 0.3 is 5.69 Å². The lowest BCUT2D eigenvalue weighted by molar-refractivity contribution is 0.407. The summed E-state index contributed by atoms with van der Waals surface area (Å²) in [5, 5.41) is 0. The number of methoxy groups -OCH3 is 1. The van der Waals surface area contributed by atoms with Crippen LogP contribution in [0.1, 0.15) is 5.56 Å². The zero-order valence-electron chi connectivity index (χ0n) is 10.3. The van der Waals surface area contributed by atoms with Crippen molar-refractivity contribution in [2.75, 3.05) is 7.11 Å². The number of rotatable bonds is 3. The summed E-state index contributed by atoms with van der Waals surface area (Å²) in [5.41, 5.74) is 0.241. The van der Waals surface area contributed by atoms with Crippen LogP contribution in [0.4, 0.5) is 0 Å². The van der Waals surface area contributed by atoms with Crippen molar-refractivity contribution in [1.82, 2.24) is 9.13 Å². The van der Waals surface area contributed by atoms with Gasteiger partial charge in [0, 0.05) is 24.9 Å². The molecule has 18 heavy (non-hydrogen) atoms. The van der Waals surface area contributed by atoms with E-state index < -0.39 is 0 Å². The lowest BCUT2D eigenvalue weighted by Gasteiger charge is -2.10. The predicted molar refractivity (Wildman–Crippen MR) is 68.0 cm³/mol. The van der Waals surface area contributed by atoms with Crippen LogP contribution in [0.2, 0.25) is 0 Å². The van der Waals surface area contributed by atoms with Gasteiger partial charge in [-0.25, -0.2) is 4.79 Å². The number of hydrogen-bond donors (Lipinski definition) is 0. The molecule has 1 aromatic carbocycles. The summed E-state index contributed by atoms with van der Waals surface area (Å²) in [7, 11) is 3.05. The number of ether oxygens (including phenoxy) is 1. The molecular formula is C13H14N2O3. The normalized spacial score (nSPS) is 10.3. The van der Waals surface area contributed by atoms with E-state index in [1.54, 1.807) is 7.11 Å². The maximum absolute atomic E-state index is 11.9. The average molecular weight is 246 g/mol. The number of nitrogens with zero attached hydrogens (tertiary/aromatic N) is 2. The van der Waals surface area contributed by atoms with Crippen molar-refractivity contribution in [1.29, 1.82) is 0 Å². The molecular weight excluding hydrogens is 232 g/mol. The summed E-state index contributed by atoms with van der Waals surface area (Å²) in [6, 6.07) is 8.84. The van der Waals surface area contributed by atoms with Crippen LogP contribution in [0.3, 0.4) is 0 Å². The average Bonchev–Trinajstić information content (AvgIpc) is 2.40. The molecule has 94 valence electrons. The quantitative estimate of drug-likeness (QED) is 0.797. The van der Waals surface area contributed by atoms with E-state index in [9.17, 15) is 9.59 Å². The standard InChI is InChI=1S/C13H14N2O3/c1-14-12(16)7-8-15(13(14)17)9-10-5-3-4-6-11(10)18-2/h3-8H,9H2,1-2H3. The van der Waals surface area contributed by atoms with Gasteiger partial charge in [0.1, 0.15) is 5.75 Å². The second-order valence-electron chi connectivity index (χ2n) is 3.94. The third-order valence-corrected chi connectivity index (χ3v) is 2.79. The first-order valence-corrected chi connectivity index (χ1v) is 5.52. The number of hydrogen-bond acceptors (Lipinski definition) is 3. The summed E-state index contributed by atoms with van der Waals surface area (Å²) in [4.78, 5) is 23.2. The molecule has 0 aliphatic heterocycles. The number of aromatic nitrogens is 2. The van der Waals surface area contributed by atoms with Gasteiger partial charge in [0.2, 0.25) is 0 Å². The zero-order chi connectivity index (χ0) is 13.1. The van der Waals surface area contributed by atoms with Gasteiger partial charge in [-0.15, -0.1) is 0 Å². The van der Waals surface area contributed by atoms with Gasteiger partial charge in [-0.05, 0) is 6.07 Å². The van der Waals surface area contributed by atoms with E-state index >= 15 is 0 Å². The fourth-order valence-corrected chi connectivity index (χ4v) is 1.75. The van der Waals surface area contributed by atoms with Crippen molar-refractivity contribution in [3.05, 3.63) is 62.9 Å². The van der Waals surface area contributed by atoms with Gasteiger partial charge in [0.05, 0.1) is 13.7 Å².